The summed E-state index contributed by atoms with van der Waals surface area (Å²) >= 11 is 0. The molecule has 3 aliphatic heterocycles. The average Bonchev–Trinajstić information content (AvgIpc) is 3.06. The summed E-state index contributed by atoms with van der Waals surface area (Å²) in [7, 11) is 0. The van der Waals surface area contributed by atoms with Crippen LogP contribution in [-0.4, -0.2) is 72.7 Å². The quantitative estimate of drug-likeness (QED) is 0.802. The third kappa shape index (κ3) is 3.14. The lowest BCUT2D eigenvalue weighted by Crippen LogP contribution is -2.58. The Morgan fingerprint density at radius 3 is 2.76 bits per heavy atom. The topological polar surface area (TPSA) is 59.1 Å². The maximum atomic E-state index is 13.4. The molecular weight excluding hydrogens is 327 g/mol. The van der Waals surface area contributed by atoms with Gasteiger partial charge in [0.1, 0.15) is 12.4 Å². The second kappa shape index (κ2) is 6.72. The molecule has 0 unspecified atom stereocenters. The largest absolute Gasteiger partial charge is 0.381 e. The first-order valence-electron chi connectivity index (χ1n) is 8.69. The van der Waals surface area contributed by atoms with E-state index in [1.165, 1.54) is 18.2 Å². The summed E-state index contributed by atoms with van der Waals surface area (Å²) in [4.78, 5) is 28.7. The van der Waals surface area contributed by atoms with Crippen molar-refractivity contribution in [3.8, 4) is 0 Å². The van der Waals surface area contributed by atoms with Crippen molar-refractivity contribution in [2.45, 2.75) is 31.0 Å². The number of halogens is 1. The van der Waals surface area contributed by atoms with E-state index in [4.69, 9.17) is 9.47 Å². The van der Waals surface area contributed by atoms with E-state index in [0.717, 1.165) is 12.8 Å². The maximum Gasteiger partial charge on any atom is 0.254 e. The molecule has 0 N–H and O–H groups in total. The molecule has 2 atom stereocenters. The van der Waals surface area contributed by atoms with E-state index in [9.17, 15) is 14.0 Å². The van der Waals surface area contributed by atoms with E-state index in [2.05, 4.69) is 0 Å². The Morgan fingerprint density at radius 2 is 2.00 bits per heavy atom. The van der Waals surface area contributed by atoms with Crippen molar-refractivity contribution in [3.05, 3.63) is 35.6 Å². The summed E-state index contributed by atoms with van der Waals surface area (Å²) in [6, 6.07) is 5.70. The number of hydrogen-bond acceptors (Lipinski definition) is 4. The minimum Gasteiger partial charge on any atom is -0.381 e. The van der Waals surface area contributed by atoms with Crippen LogP contribution in [0.25, 0.3) is 0 Å². The Bertz CT molecular complexity index is 677. The summed E-state index contributed by atoms with van der Waals surface area (Å²) in [5.41, 5.74) is 0.322. The molecule has 0 aromatic heterocycles. The first-order valence-corrected chi connectivity index (χ1v) is 8.69. The van der Waals surface area contributed by atoms with Crippen molar-refractivity contribution in [2.24, 2.45) is 0 Å². The minimum absolute atomic E-state index is 0.0202. The Hall–Kier alpha value is -1.99. The molecule has 25 heavy (non-hydrogen) atoms. The van der Waals surface area contributed by atoms with Gasteiger partial charge in [-0.15, -0.1) is 0 Å². The number of benzene rings is 1. The number of rotatable bonds is 2. The van der Waals surface area contributed by atoms with Gasteiger partial charge in [0.15, 0.2) is 0 Å². The van der Waals surface area contributed by atoms with Gasteiger partial charge in [0.05, 0.1) is 12.1 Å². The fraction of sp³-hybridized carbons (Fsp3) is 0.556. The van der Waals surface area contributed by atoms with Gasteiger partial charge in [-0.3, -0.25) is 9.59 Å². The summed E-state index contributed by atoms with van der Waals surface area (Å²) in [5, 5.41) is 0. The van der Waals surface area contributed by atoms with Crippen molar-refractivity contribution < 1.29 is 23.5 Å². The summed E-state index contributed by atoms with van der Waals surface area (Å²) in [6.45, 7) is 2.20. The van der Waals surface area contributed by atoms with Gasteiger partial charge < -0.3 is 19.3 Å². The number of fused-ring (bicyclic) bond motifs is 1. The lowest BCUT2D eigenvalue weighted by Gasteiger charge is -2.43. The highest BCUT2D eigenvalue weighted by Gasteiger charge is 2.47. The van der Waals surface area contributed by atoms with E-state index >= 15 is 0 Å². The van der Waals surface area contributed by atoms with Gasteiger partial charge in [-0.1, -0.05) is 6.07 Å². The van der Waals surface area contributed by atoms with Crippen LogP contribution in [-0.2, 0) is 14.3 Å². The van der Waals surface area contributed by atoms with E-state index < -0.39 is 5.82 Å². The predicted molar refractivity (Wildman–Crippen MR) is 86.5 cm³/mol. The van der Waals surface area contributed by atoms with Crippen LogP contribution in [0.5, 0.6) is 0 Å². The smallest absolute Gasteiger partial charge is 0.254 e. The highest BCUT2D eigenvalue weighted by atomic mass is 19.1. The molecule has 6 nitrogen and oxygen atoms in total. The number of nitrogens with zero attached hydrogens (tertiary/aromatic N) is 2. The number of carbonyl (C=O) groups is 2. The van der Waals surface area contributed by atoms with Crippen molar-refractivity contribution >= 4 is 11.8 Å². The van der Waals surface area contributed by atoms with Crippen molar-refractivity contribution in [1.82, 2.24) is 9.80 Å². The molecule has 0 saturated carbocycles. The minimum atomic E-state index is -0.433. The predicted octanol–water partition coefficient (Wildman–Crippen LogP) is 1.06. The lowest BCUT2D eigenvalue weighted by atomic mass is 10.0. The molecule has 1 aromatic carbocycles. The number of amides is 2. The Labute approximate surface area is 145 Å². The van der Waals surface area contributed by atoms with Gasteiger partial charge in [-0.05, 0) is 31.0 Å². The summed E-state index contributed by atoms with van der Waals surface area (Å²) in [6.07, 6.45) is 1.44. The third-order valence-corrected chi connectivity index (χ3v) is 5.25. The first-order chi connectivity index (χ1) is 12.1. The normalized spacial score (nSPS) is 27.5. The second-order valence-corrected chi connectivity index (χ2v) is 6.78. The number of ether oxygens (including phenoxy) is 2. The number of hydrogen-bond donors (Lipinski definition) is 0. The molecule has 4 rings (SSSR count). The van der Waals surface area contributed by atoms with Gasteiger partial charge in [0.2, 0.25) is 5.91 Å². The van der Waals surface area contributed by atoms with Crippen molar-refractivity contribution in [2.75, 3.05) is 32.9 Å². The first kappa shape index (κ1) is 16.5. The van der Waals surface area contributed by atoms with Crippen LogP contribution in [0.15, 0.2) is 24.3 Å². The summed E-state index contributed by atoms with van der Waals surface area (Å²) in [5.74, 6) is -0.678. The van der Waals surface area contributed by atoms with Gasteiger partial charge in [0, 0.05) is 37.9 Å². The molecule has 7 heteroatoms. The van der Waals surface area contributed by atoms with Crippen LogP contribution >= 0.6 is 0 Å². The Kier molecular flexibility index (Phi) is 4.43. The summed E-state index contributed by atoms with van der Waals surface area (Å²) < 4.78 is 24.5. The van der Waals surface area contributed by atoms with E-state index in [1.54, 1.807) is 11.0 Å². The highest BCUT2D eigenvalue weighted by molar-refractivity contribution is 5.94. The molecule has 0 spiro atoms. The molecule has 134 valence electrons. The fourth-order valence-electron chi connectivity index (χ4n) is 4.03. The second-order valence-electron chi connectivity index (χ2n) is 6.78. The third-order valence-electron chi connectivity index (χ3n) is 5.25. The number of carbonyl (C=O) groups excluding carboxylic acids is 2. The zero-order chi connectivity index (χ0) is 17.4. The molecule has 3 fully saturated rings. The van der Waals surface area contributed by atoms with Gasteiger partial charge in [0.25, 0.3) is 5.91 Å². The van der Waals surface area contributed by atoms with E-state index in [1.807, 2.05) is 4.90 Å². The fourth-order valence-corrected chi connectivity index (χ4v) is 4.03. The zero-order valence-corrected chi connectivity index (χ0v) is 13.9. The van der Waals surface area contributed by atoms with Gasteiger partial charge in [-0.25, -0.2) is 4.39 Å². The van der Waals surface area contributed by atoms with Crippen LogP contribution in [0.3, 0.4) is 0 Å². The SMILES string of the molecule is O=C(c1cccc(F)c1)N1C[C@@H]2OCC(=O)N(C3CCOCC3)[C@H]2C1. The maximum absolute atomic E-state index is 13.4. The molecule has 1 aromatic rings. The molecule has 0 bridgehead atoms. The Balaban J connectivity index is 1.52. The van der Waals surface area contributed by atoms with E-state index in [0.29, 0.717) is 31.9 Å². The average molecular weight is 348 g/mol. The van der Waals surface area contributed by atoms with Gasteiger partial charge in [-0.2, -0.15) is 0 Å². The standard InChI is InChI=1S/C18H21FN2O4/c19-13-3-1-2-12(8-13)18(23)20-9-15-16(10-20)25-11-17(22)21(15)14-4-6-24-7-5-14/h1-3,8,14-16H,4-7,9-11H2/t15-,16-/m0/s1. The van der Waals surface area contributed by atoms with Crippen molar-refractivity contribution in [1.29, 1.82) is 0 Å². The zero-order valence-electron chi connectivity index (χ0n) is 13.9. The highest BCUT2D eigenvalue weighted by Crippen LogP contribution is 2.29. The lowest BCUT2D eigenvalue weighted by molar-refractivity contribution is -0.159. The van der Waals surface area contributed by atoms with E-state index in [-0.39, 0.29) is 36.6 Å². The van der Waals surface area contributed by atoms with Crippen molar-refractivity contribution in [3.63, 3.8) is 0 Å². The molecule has 0 radical (unpaired) electrons. The van der Waals surface area contributed by atoms with Crippen LogP contribution < -0.4 is 0 Å². The molecule has 3 saturated heterocycles. The van der Waals surface area contributed by atoms with Gasteiger partial charge >= 0.3 is 0 Å². The monoisotopic (exact) mass is 348 g/mol. The number of morpholine rings is 1. The van der Waals surface area contributed by atoms with Crippen LogP contribution in [0, 0.1) is 5.82 Å². The van der Waals surface area contributed by atoms with Crippen LogP contribution in [0.2, 0.25) is 0 Å². The Morgan fingerprint density at radius 1 is 1.20 bits per heavy atom. The molecule has 0 aliphatic carbocycles. The number of likely N-dealkylation sites (tertiary alicyclic amines) is 1. The molecule has 2 amide bonds. The molecule has 3 aliphatic rings. The van der Waals surface area contributed by atoms with Crippen LogP contribution in [0.4, 0.5) is 4.39 Å². The molecule has 3 heterocycles. The van der Waals surface area contributed by atoms with Crippen LogP contribution in [0.1, 0.15) is 23.2 Å². The molecular formula is C18H21FN2O4.